The molecule has 2 heteroatoms. The highest BCUT2D eigenvalue weighted by Gasteiger charge is 2.36. The fraction of sp³-hybridized carbons (Fsp3) is 0.156. The highest BCUT2D eigenvalue weighted by atomic mass is 15.2. The second kappa shape index (κ2) is 15.1. The van der Waals surface area contributed by atoms with Crippen LogP contribution in [0.15, 0.2) is 199 Å². The largest absolute Gasteiger partial charge is 0.310 e. The van der Waals surface area contributed by atoms with Crippen molar-refractivity contribution in [1.29, 1.82) is 0 Å². The topological polar surface area (TPSA) is 6.48 Å². The molecule has 2 aliphatic carbocycles. The highest BCUT2D eigenvalue weighted by molar-refractivity contribution is 6.23. The Bertz CT molecular complexity index is 3480. The van der Waals surface area contributed by atoms with Crippen LogP contribution in [-0.2, 0) is 24.7 Å². The Balaban J connectivity index is 1.14. The minimum atomic E-state index is -0.132. The molecule has 0 bridgehead atoms. The molecule has 0 radical (unpaired) electrons. The Labute approximate surface area is 388 Å². The number of aryl methyl sites for hydroxylation is 4. The number of allylic oxidation sites excluding steroid dienone is 3. The molecule has 2 nitrogen and oxygen atoms in total. The van der Waals surface area contributed by atoms with Gasteiger partial charge in [-0.1, -0.05) is 153 Å². The molecule has 0 atom stereocenters. The predicted molar refractivity (Wildman–Crippen MR) is 279 cm³/mol. The van der Waals surface area contributed by atoms with Crippen molar-refractivity contribution >= 4 is 50.0 Å². The third-order valence-electron chi connectivity index (χ3n) is 15.4. The van der Waals surface area contributed by atoms with Crippen molar-refractivity contribution in [3.8, 4) is 33.4 Å². The van der Waals surface area contributed by atoms with Crippen molar-refractivity contribution in [2.45, 2.75) is 64.7 Å². The van der Waals surface area contributed by atoms with Crippen LogP contribution in [0.5, 0.6) is 0 Å². The van der Waals surface area contributed by atoms with Gasteiger partial charge < -0.3 is 9.80 Å². The minimum Gasteiger partial charge on any atom is -0.310 e. The van der Waals surface area contributed by atoms with E-state index in [1.54, 1.807) is 5.57 Å². The monoisotopic (exact) mass is 848 g/mol. The van der Waals surface area contributed by atoms with Crippen molar-refractivity contribution in [3.05, 3.63) is 233 Å². The Morgan fingerprint density at radius 3 is 1.62 bits per heavy atom. The van der Waals surface area contributed by atoms with E-state index < -0.39 is 0 Å². The first-order chi connectivity index (χ1) is 32.4. The number of hydrogen-bond donors (Lipinski definition) is 0. The first-order valence-corrected chi connectivity index (χ1v) is 24.0. The number of benzene rings is 9. The van der Waals surface area contributed by atoms with Gasteiger partial charge in [-0.3, -0.25) is 0 Å². The highest BCUT2D eigenvalue weighted by Crippen LogP contribution is 2.53. The minimum absolute atomic E-state index is 0.132. The van der Waals surface area contributed by atoms with Crippen LogP contribution in [-0.4, -0.2) is 0 Å². The zero-order valence-corrected chi connectivity index (χ0v) is 38.0. The van der Waals surface area contributed by atoms with Gasteiger partial charge in [-0.05, 0) is 188 Å². The molecule has 66 heavy (non-hydrogen) atoms. The zero-order chi connectivity index (χ0) is 44.1. The van der Waals surface area contributed by atoms with Crippen LogP contribution in [0, 0.1) is 6.92 Å². The standard InChI is InChI=1S/C64H52N2/c1-41-24-26-46(27-25-41)62-52-36-33-49(66-60-22-12-6-16-44(60)30-31-45-17-7-13-23-61(45)66)40-55(52)63(47-32-35-51-50-18-8-9-19-56(50)64(2,3)57(51)38-47)53-37-34-48(39-54(53)62)65-58-20-10-4-14-42(58)28-29-43-15-5-11-21-59(43)65/h4-6,8-16,18-27,32-40H,7,17,28-31H2,1-3H3. The van der Waals surface area contributed by atoms with Gasteiger partial charge in [0, 0.05) is 39.5 Å². The van der Waals surface area contributed by atoms with E-state index in [0.717, 1.165) is 38.5 Å². The maximum absolute atomic E-state index is 2.58. The van der Waals surface area contributed by atoms with Gasteiger partial charge in [-0.25, -0.2) is 0 Å². The van der Waals surface area contributed by atoms with Crippen molar-refractivity contribution < 1.29 is 0 Å². The summed E-state index contributed by atoms with van der Waals surface area (Å²) in [6.45, 7) is 7.00. The smallest absolute Gasteiger partial charge is 0.0493 e. The molecule has 0 unspecified atom stereocenters. The lowest BCUT2D eigenvalue weighted by atomic mass is 9.80. The Hall–Kier alpha value is -7.42. The lowest BCUT2D eigenvalue weighted by Crippen LogP contribution is -2.18. The summed E-state index contributed by atoms with van der Waals surface area (Å²) < 4.78 is 0. The van der Waals surface area contributed by atoms with E-state index in [9.17, 15) is 0 Å². The normalized spacial score (nSPS) is 15.7. The fourth-order valence-electron chi connectivity index (χ4n) is 12.1. The number of nitrogens with zero attached hydrogens (tertiary/aromatic N) is 2. The van der Waals surface area contributed by atoms with Crippen LogP contribution in [0.3, 0.4) is 0 Å². The molecule has 0 fully saturated rings. The van der Waals surface area contributed by atoms with Crippen molar-refractivity contribution in [2.75, 3.05) is 9.80 Å². The number of hydrogen-bond acceptors (Lipinski definition) is 2. The van der Waals surface area contributed by atoms with Crippen LogP contribution < -0.4 is 9.80 Å². The van der Waals surface area contributed by atoms with Crippen molar-refractivity contribution in [2.24, 2.45) is 0 Å². The molecular weight excluding hydrogens is 797 g/mol. The van der Waals surface area contributed by atoms with E-state index in [-0.39, 0.29) is 5.41 Å². The summed E-state index contributed by atoms with van der Waals surface area (Å²) in [7, 11) is 0. The maximum Gasteiger partial charge on any atom is 0.0493 e. The summed E-state index contributed by atoms with van der Waals surface area (Å²) in [6.07, 6.45) is 11.2. The van der Waals surface area contributed by atoms with Crippen LogP contribution in [0.2, 0.25) is 0 Å². The third-order valence-corrected chi connectivity index (χ3v) is 15.4. The maximum atomic E-state index is 2.58. The average molecular weight is 849 g/mol. The first kappa shape index (κ1) is 39.0. The number of rotatable bonds is 4. The van der Waals surface area contributed by atoms with Gasteiger partial charge in [0.1, 0.15) is 0 Å². The van der Waals surface area contributed by atoms with Gasteiger partial charge in [0.15, 0.2) is 0 Å². The van der Waals surface area contributed by atoms with E-state index in [1.807, 2.05) is 0 Å². The molecule has 9 aromatic rings. The Morgan fingerprint density at radius 1 is 0.424 bits per heavy atom. The Morgan fingerprint density at radius 2 is 0.955 bits per heavy atom. The fourth-order valence-corrected chi connectivity index (χ4v) is 12.1. The van der Waals surface area contributed by atoms with Gasteiger partial charge in [0.05, 0.1) is 0 Å². The van der Waals surface area contributed by atoms with Gasteiger partial charge in [-0.15, -0.1) is 0 Å². The third kappa shape index (κ3) is 6.01. The summed E-state index contributed by atoms with van der Waals surface area (Å²) in [5.41, 5.74) is 24.9. The van der Waals surface area contributed by atoms with E-state index in [2.05, 4.69) is 219 Å². The number of para-hydroxylation sites is 3. The molecule has 4 aliphatic rings. The van der Waals surface area contributed by atoms with Gasteiger partial charge in [-0.2, -0.15) is 0 Å². The quantitative estimate of drug-likeness (QED) is 0.163. The predicted octanol–water partition coefficient (Wildman–Crippen LogP) is 17.2. The summed E-state index contributed by atoms with van der Waals surface area (Å²) in [5.74, 6) is 0. The van der Waals surface area contributed by atoms with Crippen molar-refractivity contribution in [3.63, 3.8) is 0 Å². The second-order valence-corrected chi connectivity index (χ2v) is 19.5. The molecule has 0 amide bonds. The molecule has 318 valence electrons. The van der Waals surface area contributed by atoms with Crippen LogP contribution in [0.1, 0.15) is 66.5 Å². The molecule has 2 aliphatic heterocycles. The van der Waals surface area contributed by atoms with E-state index in [4.69, 9.17) is 0 Å². The summed E-state index contributed by atoms with van der Waals surface area (Å²) >= 11 is 0. The van der Waals surface area contributed by atoms with E-state index in [1.165, 1.54) is 122 Å². The Kier molecular flexibility index (Phi) is 8.90. The lowest BCUT2D eigenvalue weighted by Gasteiger charge is -2.31. The van der Waals surface area contributed by atoms with Crippen LogP contribution in [0.4, 0.5) is 28.4 Å². The summed E-state index contributed by atoms with van der Waals surface area (Å²) in [5, 5.41) is 5.05. The van der Waals surface area contributed by atoms with Gasteiger partial charge in [0.25, 0.3) is 0 Å². The second-order valence-electron chi connectivity index (χ2n) is 19.5. The molecule has 9 aromatic carbocycles. The molecule has 0 saturated heterocycles. The number of fused-ring (bicyclic) bond motifs is 8. The van der Waals surface area contributed by atoms with Crippen LogP contribution in [0.25, 0.3) is 54.9 Å². The lowest BCUT2D eigenvalue weighted by molar-refractivity contribution is 0.660. The first-order valence-electron chi connectivity index (χ1n) is 24.0. The molecule has 0 aromatic heterocycles. The molecule has 0 N–H and O–H groups in total. The average Bonchev–Trinajstić information content (AvgIpc) is 3.47. The van der Waals surface area contributed by atoms with Gasteiger partial charge in [0.2, 0.25) is 0 Å². The van der Waals surface area contributed by atoms with Crippen molar-refractivity contribution in [1.82, 2.24) is 0 Å². The van der Waals surface area contributed by atoms with Gasteiger partial charge >= 0.3 is 0 Å². The van der Waals surface area contributed by atoms with E-state index in [0.29, 0.717) is 0 Å². The van der Waals surface area contributed by atoms with E-state index >= 15 is 0 Å². The molecular formula is C64H52N2. The molecule has 0 spiro atoms. The SMILES string of the molecule is Cc1ccc(-c2c3ccc(N4C5=C(CCC=C5)CCc5ccccc54)cc3c(-c3ccc4c(c3)C(C)(C)c3ccccc3-4)c3ccc(N4c5ccccc5CCc5ccccc54)cc23)cc1. The summed E-state index contributed by atoms with van der Waals surface area (Å²) in [6, 6.07) is 67.4. The molecule has 0 saturated carbocycles. The summed E-state index contributed by atoms with van der Waals surface area (Å²) in [4.78, 5) is 5.10. The number of anilines is 5. The van der Waals surface area contributed by atoms with Crippen LogP contribution >= 0.6 is 0 Å². The molecule has 2 heterocycles. The zero-order valence-electron chi connectivity index (χ0n) is 38.0. The molecule has 13 rings (SSSR count).